The van der Waals surface area contributed by atoms with Crippen molar-refractivity contribution in [2.75, 3.05) is 6.61 Å². The third-order valence-electron chi connectivity index (χ3n) is 6.35. The van der Waals surface area contributed by atoms with Crippen LogP contribution in [-0.4, -0.2) is 45.9 Å². The quantitative estimate of drug-likeness (QED) is 0.477. The molecule has 1 aromatic carbocycles. The summed E-state index contributed by atoms with van der Waals surface area (Å²) in [7, 11) is 0. The largest absolute Gasteiger partial charge is 0.463 e. The lowest BCUT2D eigenvalue weighted by atomic mass is 9.79. The van der Waals surface area contributed by atoms with Gasteiger partial charge in [0.2, 0.25) is 11.8 Å². The third-order valence-corrected chi connectivity index (χ3v) is 6.35. The molecule has 3 heterocycles. The van der Waals surface area contributed by atoms with Gasteiger partial charge in [0.05, 0.1) is 17.4 Å². The van der Waals surface area contributed by atoms with Crippen LogP contribution < -0.4 is 0 Å². The first kappa shape index (κ1) is 24.5. The first-order valence-electron chi connectivity index (χ1n) is 11.6. The summed E-state index contributed by atoms with van der Waals surface area (Å²) < 4.78 is 22.8. The number of ether oxygens (including phenoxy) is 3. The van der Waals surface area contributed by atoms with Crippen molar-refractivity contribution in [3.63, 3.8) is 0 Å². The Hall–Kier alpha value is -3.59. The second-order valence-electron chi connectivity index (χ2n) is 8.87. The Kier molecular flexibility index (Phi) is 7.25. The van der Waals surface area contributed by atoms with Crippen LogP contribution in [0.15, 0.2) is 47.0 Å². The zero-order valence-corrected chi connectivity index (χ0v) is 20.4. The van der Waals surface area contributed by atoms with Crippen molar-refractivity contribution in [3.05, 3.63) is 54.0 Å². The molecule has 5 atom stereocenters. The van der Waals surface area contributed by atoms with E-state index in [1.165, 1.54) is 13.8 Å². The maximum atomic E-state index is 11.9. The van der Waals surface area contributed by atoms with Gasteiger partial charge in [-0.2, -0.15) is 0 Å². The van der Waals surface area contributed by atoms with Gasteiger partial charge in [0.25, 0.3) is 0 Å². The van der Waals surface area contributed by atoms with Gasteiger partial charge in [0.1, 0.15) is 18.8 Å². The molecule has 184 valence electrons. The number of hydrogen-bond donors (Lipinski definition) is 0. The molecule has 1 aliphatic heterocycles. The summed E-state index contributed by atoms with van der Waals surface area (Å²) in [5.41, 5.74) is 3.21. The Morgan fingerprint density at radius 2 is 1.80 bits per heavy atom. The Bertz CT molecular complexity index is 1190. The average Bonchev–Trinajstić information content (AvgIpc) is 3.27. The van der Waals surface area contributed by atoms with Gasteiger partial charge in [-0.25, -0.2) is 0 Å². The fourth-order valence-corrected chi connectivity index (χ4v) is 4.30. The summed E-state index contributed by atoms with van der Waals surface area (Å²) in [6.45, 7) is 8.68. The highest BCUT2D eigenvalue weighted by molar-refractivity contribution is 5.67. The monoisotopic (exact) mass is 479 g/mol. The Balaban J connectivity index is 1.62. The molecule has 0 spiro atoms. The van der Waals surface area contributed by atoms with E-state index >= 15 is 0 Å². The minimum atomic E-state index is -0.522. The minimum absolute atomic E-state index is 0.0145. The van der Waals surface area contributed by atoms with Crippen LogP contribution in [0.3, 0.4) is 0 Å². The van der Waals surface area contributed by atoms with Crippen LogP contribution >= 0.6 is 0 Å². The van der Waals surface area contributed by atoms with Gasteiger partial charge in [-0.1, -0.05) is 32.0 Å². The molecule has 9 nitrogen and oxygen atoms in total. The molecule has 0 amide bonds. The molecule has 4 rings (SSSR count). The van der Waals surface area contributed by atoms with Crippen molar-refractivity contribution in [2.24, 2.45) is 11.8 Å². The maximum Gasteiger partial charge on any atom is 0.303 e. The predicted octanol–water partition coefficient (Wildman–Crippen LogP) is 4.31. The van der Waals surface area contributed by atoms with E-state index in [-0.39, 0.29) is 36.5 Å². The standard InChI is InChI=1S/C26H29N3O6/c1-14-15(2)24(34-18(5)31)25(35-23(14)13-32-17(4)30)20-8-6-7-19(11-20)22-10-9-21(12-27-22)26-29-28-16(3)33-26/h6-12,14-15,23-25H,13H2,1-5H3/t14-,15-,23+,24-,25+/m0/s1. The average molecular weight is 480 g/mol. The van der Waals surface area contributed by atoms with Crippen molar-refractivity contribution >= 4 is 11.9 Å². The van der Waals surface area contributed by atoms with Crippen LogP contribution in [0, 0.1) is 18.8 Å². The molecule has 0 bridgehead atoms. The van der Waals surface area contributed by atoms with Gasteiger partial charge in [-0.15, -0.1) is 10.2 Å². The van der Waals surface area contributed by atoms with Crippen molar-refractivity contribution in [1.82, 2.24) is 15.2 Å². The predicted molar refractivity (Wildman–Crippen MR) is 126 cm³/mol. The highest BCUT2D eigenvalue weighted by Gasteiger charge is 2.44. The highest BCUT2D eigenvalue weighted by Crippen LogP contribution is 2.41. The zero-order chi connectivity index (χ0) is 25.1. The topological polar surface area (TPSA) is 114 Å². The number of carbonyl (C=O) groups is 2. The molecule has 0 aliphatic carbocycles. The van der Waals surface area contributed by atoms with Gasteiger partial charge < -0.3 is 18.6 Å². The van der Waals surface area contributed by atoms with Crippen molar-refractivity contribution in [1.29, 1.82) is 0 Å². The molecule has 35 heavy (non-hydrogen) atoms. The molecule has 1 aliphatic rings. The number of esters is 2. The molecule has 9 heteroatoms. The van der Waals surface area contributed by atoms with Gasteiger partial charge in [0.15, 0.2) is 0 Å². The van der Waals surface area contributed by atoms with Crippen LogP contribution in [-0.2, 0) is 23.8 Å². The minimum Gasteiger partial charge on any atom is -0.463 e. The van der Waals surface area contributed by atoms with Crippen LogP contribution in [0.25, 0.3) is 22.7 Å². The lowest BCUT2D eigenvalue weighted by molar-refractivity contribution is -0.205. The van der Waals surface area contributed by atoms with E-state index in [1.54, 1.807) is 13.1 Å². The van der Waals surface area contributed by atoms with Gasteiger partial charge in [-0.3, -0.25) is 14.6 Å². The molecule has 0 radical (unpaired) electrons. The van der Waals surface area contributed by atoms with Gasteiger partial charge >= 0.3 is 11.9 Å². The lowest BCUT2D eigenvalue weighted by Gasteiger charge is -2.44. The van der Waals surface area contributed by atoms with E-state index in [0.29, 0.717) is 11.8 Å². The molecular weight excluding hydrogens is 450 g/mol. The number of aryl methyl sites for hydroxylation is 1. The Morgan fingerprint density at radius 1 is 1.00 bits per heavy atom. The van der Waals surface area contributed by atoms with Crippen molar-refractivity contribution < 1.29 is 28.2 Å². The van der Waals surface area contributed by atoms with E-state index in [9.17, 15) is 9.59 Å². The molecule has 1 fully saturated rings. The van der Waals surface area contributed by atoms with E-state index in [4.69, 9.17) is 18.6 Å². The Morgan fingerprint density at radius 3 is 2.43 bits per heavy atom. The first-order valence-corrected chi connectivity index (χ1v) is 11.6. The molecule has 2 aromatic heterocycles. The molecule has 0 unspecified atom stereocenters. The van der Waals surface area contributed by atoms with Crippen LogP contribution in [0.2, 0.25) is 0 Å². The number of aromatic nitrogens is 3. The summed E-state index contributed by atoms with van der Waals surface area (Å²) in [6.07, 6.45) is 0.352. The maximum absolute atomic E-state index is 11.9. The summed E-state index contributed by atoms with van der Waals surface area (Å²) in [6, 6.07) is 11.5. The summed E-state index contributed by atoms with van der Waals surface area (Å²) in [5, 5.41) is 7.88. The van der Waals surface area contributed by atoms with E-state index in [1.807, 2.05) is 50.2 Å². The highest BCUT2D eigenvalue weighted by atomic mass is 16.6. The number of carbonyl (C=O) groups excluding carboxylic acids is 2. The van der Waals surface area contributed by atoms with Crippen LogP contribution in [0.4, 0.5) is 0 Å². The molecule has 3 aromatic rings. The SMILES string of the molecule is CC(=O)OC[C@H]1O[C@H](c2cccc(-c3ccc(-c4nnc(C)o4)cn3)c2)[C@@H](OC(C)=O)[C@@H](C)[C@@H]1C. The molecule has 1 saturated heterocycles. The van der Waals surface area contributed by atoms with Gasteiger partial charge in [-0.05, 0) is 29.7 Å². The van der Waals surface area contributed by atoms with E-state index in [0.717, 1.165) is 22.4 Å². The zero-order valence-electron chi connectivity index (χ0n) is 20.4. The van der Waals surface area contributed by atoms with Gasteiger partial charge in [0, 0.05) is 38.4 Å². The molecule has 0 N–H and O–H groups in total. The second-order valence-corrected chi connectivity index (χ2v) is 8.87. The van der Waals surface area contributed by atoms with Crippen LogP contribution in [0.1, 0.15) is 45.3 Å². The number of benzene rings is 1. The third kappa shape index (κ3) is 5.57. The van der Waals surface area contributed by atoms with E-state index < -0.39 is 12.2 Å². The smallest absolute Gasteiger partial charge is 0.303 e. The number of pyridine rings is 1. The number of hydrogen-bond acceptors (Lipinski definition) is 9. The fourth-order valence-electron chi connectivity index (χ4n) is 4.30. The van der Waals surface area contributed by atoms with Crippen molar-refractivity contribution in [3.8, 4) is 22.7 Å². The summed E-state index contributed by atoms with van der Waals surface area (Å²) in [5.74, 6) is 0.169. The lowest BCUT2D eigenvalue weighted by Crippen LogP contribution is -2.48. The normalized spacial score (nSPS) is 24.1. The number of rotatable bonds is 6. The van der Waals surface area contributed by atoms with Crippen molar-refractivity contribution in [2.45, 2.75) is 52.9 Å². The molecular formula is C26H29N3O6. The number of nitrogens with zero attached hydrogens (tertiary/aromatic N) is 3. The van der Waals surface area contributed by atoms with E-state index in [2.05, 4.69) is 15.2 Å². The summed E-state index contributed by atoms with van der Waals surface area (Å²) in [4.78, 5) is 27.9. The fraction of sp³-hybridized carbons (Fsp3) is 0.423. The second kappa shape index (κ2) is 10.4. The first-order chi connectivity index (χ1) is 16.7. The molecule has 0 saturated carbocycles. The summed E-state index contributed by atoms with van der Waals surface area (Å²) >= 11 is 0. The van der Waals surface area contributed by atoms with Crippen LogP contribution in [0.5, 0.6) is 0 Å². The Labute approximate surface area is 203 Å².